The van der Waals surface area contributed by atoms with Gasteiger partial charge in [-0.3, -0.25) is 9.59 Å². The molecule has 3 heterocycles. The molecule has 1 aliphatic heterocycles. The predicted molar refractivity (Wildman–Crippen MR) is 137 cm³/mol. The highest BCUT2D eigenvalue weighted by molar-refractivity contribution is 7.99. The Morgan fingerprint density at radius 3 is 2.53 bits per heavy atom. The minimum Gasteiger partial charge on any atom is -0.481 e. The van der Waals surface area contributed by atoms with Crippen molar-refractivity contribution in [3.05, 3.63) is 59.0 Å². The van der Waals surface area contributed by atoms with E-state index in [-0.39, 0.29) is 11.7 Å². The number of anilines is 1. The molecule has 0 unspecified atom stereocenters. The van der Waals surface area contributed by atoms with Crippen LogP contribution < -0.4 is 4.90 Å². The van der Waals surface area contributed by atoms with E-state index in [1.807, 2.05) is 47.4 Å². The fourth-order valence-electron chi connectivity index (χ4n) is 4.17. The molecule has 0 saturated carbocycles. The number of hydrogen-bond donors (Lipinski definition) is 1. The average Bonchev–Trinajstić information content (AvgIpc) is 3.30. The SMILES string of the molecule is CCc1cc2c(N3CCN(C(=O)c4ccc5ccccc5c4)CC3)nc(SCC(=O)O)nc2s1. The van der Waals surface area contributed by atoms with Gasteiger partial charge in [0.1, 0.15) is 10.6 Å². The highest BCUT2D eigenvalue weighted by Crippen LogP contribution is 2.34. The van der Waals surface area contributed by atoms with Crippen LogP contribution in [0.1, 0.15) is 22.2 Å². The van der Waals surface area contributed by atoms with Crippen molar-refractivity contribution in [2.75, 3.05) is 36.8 Å². The molecule has 0 atom stereocenters. The van der Waals surface area contributed by atoms with Crippen LogP contribution in [0.4, 0.5) is 5.82 Å². The van der Waals surface area contributed by atoms with Gasteiger partial charge >= 0.3 is 5.97 Å². The van der Waals surface area contributed by atoms with Crippen LogP contribution >= 0.6 is 23.1 Å². The Morgan fingerprint density at radius 1 is 1.03 bits per heavy atom. The van der Waals surface area contributed by atoms with Crippen molar-refractivity contribution in [3.8, 4) is 0 Å². The van der Waals surface area contributed by atoms with Gasteiger partial charge < -0.3 is 14.9 Å². The Hall–Kier alpha value is -3.17. The molecule has 1 amide bonds. The molecule has 2 aromatic heterocycles. The highest BCUT2D eigenvalue weighted by atomic mass is 32.2. The fourth-order valence-corrected chi connectivity index (χ4v) is 5.75. The molecule has 7 nitrogen and oxygen atoms in total. The molecule has 0 bridgehead atoms. The molecule has 1 saturated heterocycles. The van der Waals surface area contributed by atoms with E-state index in [0.717, 1.165) is 45.0 Å². The first-order valence-electron chi connectivity index (χ1n) is 11.2. The zero-order valence-corrected chi connectivity index (χ0v) is 20.4. The summed E-state index contributed by atoms with van der Waals surface area (Å²) in [6.45, 7) is 4.62. The topological polar surface area (TPSA) is 86.6 Å². The Labute approximate surface area is 205 Å². The van der Waals surface area contributed by atoms with Crippen molar-refractivity contribution in [3.63, 3.8) is 0 Å². The second-order valence-electron chi connectivity index (χ2n) is 8.14. The summed E-state index contributed by atoms with van der Waals surface area (Å²) >= 11 is 2.76. The van der Waals surface area contributed by atoms with E-state index in [9.17, 15) is 9.59 Å². The summed E-state index contributed by atoms with van der Waals surface area (Å²) in [6, 6.07) is 16.0. The number of aryl methyl sites for hydroxylation is 1. The lowest BCUT2D eigenvalue weighted by atomic mass is 10.1. The summed E-state index contributed by atoms with van der Waals surface area (Å²) in [5.74, 6) is -0.103. The first-order chi connectivity index (χ1) is 16.5. The molecule has 174 valence electrons. The van der Waals surface area contributed by atoms with Gasteiger partial charge in [0.15, 0.2) is 5.16 Å². The number of carboxylic acids is 1. The zero-order chi connectivity index (χ0) is 23.7. The third-order valence-corrected chi connectivity index (χ3v) is 7.94. The molecule has 9 heteroatoms. The predicted octanol–water partition coefficient (Wildman–Crippen LogP) is 4.55. The van der Waals surface area contributed by atoms with Crippen LogP contribution in [-0.4, -0.2) is 63.8 Å². The number of rotatable bonds is 6. The van der Waals surface area contributed by atoms with Gasteiger partial charge in [0.05, 0.1) is 11.1 Å². The van der Waals surface area contributed by atoms with Crippen molar-refractivity contribution in [2.24, 2.45) is 0 Å². The van der Waals surface area contributed by atoms with Gasteiger partial charge in [-0.15, -0.1) is 11.3 Å². The number of nitrogens with zero attached hydrogens (tertiary/aromatic N) is 4. The Balaban J connectivity index is 1.35. The van der Waals surface area contributed by atoms with Crippen LogP contribution in [0.3, 0.4) is 0 Å². The number of thiophene rings is 1. The molecule has 4 aromatic rings. The van der Waals surface area contributed by atoms with Gasteiger partial charge in [-0.05, 0) is 35.4 Å². The molecule has 0 spiro atoms. The Bertz CT molecular complexity index is 1380. The highest BCUT2D eigenvalue weighted by Gasteiger charge is 2.25. The number of amides is 1. The molecule has 2 aromatic carbocycles. The summed E-state index contributed by atoms with van der Waals surface area (Å²) in [6.07, 6.45) is 0.909. The smallest absolute Gasteiger partial charge is 0.313 e. The number of carbonyl (C=O) groups excluding carboxylic acids is 1. The number of aromatic nitrogens is 2. The first-order valence-corrected chi connectivity index (χ1v) is 13.0. The molecule has 1 fully saturated rings. The van der Waals surface area contributed by atoms with Crippen molar-refractivity contribution in [2.45, 2.75) is 18.5 Å². The number of carbonyl (C=O) groups is 2. The number of hydrogen-bond acceptors (Lipinski definition) is 7. The van der Waals surface area contributed by atoms with Gasteiger partial charge in [-0.1, -0.05) is 49.0 Å². The summed E-state index contributed by atoms with van der Waals surface area (Å²) in [5, 5.41) is 12.7. The summed E-state index contributed by atoms with van der Waals surface area (Å²) in [7, 11) is 0. The maximum atomic E-state index is 13.2. The lowest BCUT2D eigenvalue weighted by molar-refractivity contribution is -0.133. The average molecular weight is 493 g/mol. The second-order valence-corrected chi connectivity index (χ2v) is 10.2. The van der Waals surface area contributed by atoms with E-state index >= 15 is 0 Å². The van der Waals surface area contributed by atoms with Gasteiger partial charge in [0.25, 0.3) is 5.91 Å². The zero-order valence-electron chi connectivity index (χ0n) is 18.7. The first kappa shape index (κ1) is 22.6. The molecular formula is C25H24N4O3S2. The molecule has 34 heavy (non-hydrogen) atoms. The largest absolute Gasteiger partial charge is 0.481 e. The molecular weight excluding hydrogens is 468 g/mol. The molecule has 1 aliphatic rings. The van der Waals surface area contributed by atoms with Gasteiger partial charge in [0, 0.05) is 36.6 Å². The summed E-state index contributed by atoms with van der Waals surface area (Å²) < 4.78 is 0. The molecule has 5 rings (SSSR count). The van der Waals surface area contributed by atoms with Gasteiger partial charge in [0.2, 0.25) is 0 Å². The van der Waals surface area contributed by atoms with Gasteiger partial charge in [-0.25, -0.2) is 9.97 Å². The Morgan fingerprint density at radius 2 is 1.79 bits per heavy atom. The van der Waals surface area contributed by atoms with Crippen LogP contribution in [-0.2, 0) is 11.2 Å². The third-order valence-electron chi connectivity index (χ3n) is 5.94. The van der Waals surface area contributed by atoms with E-state index in [1.165, 1.54) is 4.88 Å². The number of fused-ring (bicyclic) bond motifs is 2. The van der Waals surface area contributed by atoms with Gasteiger partial charge in [-0.2, -0.15) is 0 Å². The molecule has 1 N–H and O–H groups in total. The van der Waals surface area contributed by atoms with Crippen LogP contribution in [0, 0.1) is 0 Å². The number of benzene rings is 2. The lowest BCUT2D eigenvalue weighted by Gasteiger charge is -2.35. The van der Waals surface area contributed by atoms with Crippen LogP contribution in [0.5, 0.6) is 0 Å². The van der Waals surface area contributed by atoms with E-state index < -0.39 is 5.97 Å². The van der Waals surface area contributed by atoms with E-state index in [1.54, 1.807) is 11.3 Å². The third kappa shape index (κ3) is 4.58. The Kier molecular flexibility index (Phi) is 6.38. The minimum absolute atomic E-state index is 0.0414. The maximum Gasteiger partial charge on any atom is 0.313 e. The standard InChI is InChI=1S/C25H24N4O3S2/c1-2-19-14-20-22(26-25(27-23(20)34-19)33-15-21(30)31)28-9-11-29(12-10-28)24(32)18-8-7-16-5-3-4-6-17(16)13-18/h3-8,13-14H,2,9-12,15H2,1H3,(H,30,31). The monoisotopic (exact) mass is 492 g/mol. The maximum absolute atomic E-state index is 13.2. The normalized spacial score (nSPS) is 14.1. The number of carboxylic acid groups (broad SMARTS) is 1. The van der Waals surface area contributed by atoms with Crippen molar-refractivity contribution in [1.82, 2.24) is 14.9 Å². The van der Waals surface area contributed by atoms with E-state index in [4.69, 9.17) is 10.1 Å². The number of aliphatic carboxylic acids is 1. The quantitative estimate of drug-likeness (QED) is 0.312. The molecule has 0 aliphatic carbocycles. The number of piperazine rings is 1. The summed E-state index contributed by atoms with van der Waals surface area (Å²) in [4.78, 5) is 39.7. The summed E-state index contributed by atoms with van der Waals surface area (Å²) in [5.41, 5.74) is 0.703. The van der Waals surface area contributed by atoms with Crippen LogP contribution in [0.15, 0.2) is 53.7 Å². The van der Waals surface area contributed by atoms with E-state index in [0.29, 0.717) is 36.9 Å². The second kappa shape index (κ2) is 9.60. The van der Waals surface area contributed by atoms with E-state index in [2.05, 4.69) is 22.9 Å². The fraction of sp³-hybridized carbons (Fsp3) is 0.280. The van der Waals surface area contributed by atoms with Crippen molar-refractivity contribution in [1.29, 1.82) is 0 Å². The molecule has 0 radical (unpaired) electrons. The lowest BCUT2D eigenvalue weighted by Crippen LogP contribution is -2.49. The van der Waals surface area contributed by atoms with Crippen molar-refractivity contribution >= 4 is 61.8 Å². The van der Waals surface area contributed by atoms with Crippen molar-refractivity contribution < 1.29 is 14.7 Å². The minimum atomic E-state index is -0.892. The van der Waals surface area contributed by atoms with Crippen LogP contribution in [0.25, 0.3) is 21.0 Å². The number of thioether (sulfide) groups is 1. The van der Waals surface area contributed by atoms with Crippen LogP contribution in [0.2, 0.25) is 0 Å².